The van der Waals surface area contributed by atoms with Crippen LogP contribution in [0, 0.1) is 6.92 Å². The summed E-state index contributed by atoms with van der Waals surface area (Å²) in [5.41, 5.74) is 8.88. The van der Waals surface area contributed by atoms with E-state index in [-0.39, 0.29) is 0 Å². The van der Waals surface area contributed by atoms with Crippen molar-refractivity contribution in [3.05, 3.63) is 51.2 Å². The fourth-order valence-corrected chi connectivity index (χ4v) is 4.05. The largest absolute Gasteiger partial charge is 0.495 e. The molecule has 0 unspecified atom stereocenters. The van der Waals surface area contributed by atoms with Crippen LogP contribution >= 0.6 is 22.7 Å². The third kappa shape index (κ3) is 2.94. The van der Waals surface area contributed by atoms with Crippen LogP contribution in [0.15, 0.2) is 35.7 Å². The SMILES string of the molecule is COc1ccc(Cc2nc(-c3cccs3)c(C)s2)cc1N. The minimum absolute atomic E-state index is 0.668. The molecule has 21 heavy (non-hydrogen) atoms. The summed E-state index contributed by atoms with van der Waals surface area (Å²) in [6.07, 6.45) is 0.797. The normalized spacial score (nSPS) is 10.8. The molecule has 0 amide bonds. The lowest BCUT2D eigenvalue weighted by Crippen LogP contribution is -1.95. The van der Waals surface area contributed by atoms with Crippen molar-refractivity contribution in [2.24, 2.45) is 0 Å². The topological polar surface area (TPSA) is 48.1 Å². The van der Waals surface area contributed by atoms with Crippen molar-refractivity contribution in [1.82, 2.24) is 4.98 Å². The Balaban J connectivity index is 1.86. The van der Waals surface area contributed by atoms with Crippen LogP contribution in [0.3, 0.4) is 0 Å². The predicted octanol–water partition coefficient (Wildman–Crippen LogP) is 4.36. The average molecular weight is 316 g/mol. The molecule has 2 N–H and O–H groups in total. The van der Waals surface area contributed by atoms with Crippen molar-refractivity contribution in [2.45, 2.75) is 13.3 Å². The smallest absolute Gasteiger partial charge is 0.141 e. The second-order valence-corrected chi connectivity index (χ2v) is 6.98. The highest BCUT2D eigenvalue weighted by molar-refractivity contribution is 7.15. The van der Waals surface area contributed by atoms with E-state index in [2.05, 4.69) is 24.4 Å². The Hall–Kier alpha value is -1.85. The summed E-state index contributed by atoms with van der Waals surface area (Å²) in [6, 6.07) is 10.1. The van der Waals surface area contributed by atoms with Crippen molar-refractivity contribution in [2.75, 3.05) is 12.8 Å². The molecule has 0 saturated heterocycles. The highest BCUT2D eigenvalue weighted by Crippen LogP contribution is 2.32. The number of benzene rings is 1. The van der Waals surface area contributed by atoms with E-state index in [4.69, 9.17) is 15.5 Å². The lowest BCUT2D eigenvalue weighted by molar-refractivity contribution is 0.417. The molecule has 0 aliphatic heterocycles. The first-order valence-electron chi connectivity index (χ1n) is 6.60. The molecule has 3 rings (SSSR count). The van der Waals surface area contributed by atoms with E-state index in [1.165, 1.54) is 9.75 Å². The number of thiazole rings is 1. The average Bonchev–Trinajstić information content (AvgIpc) is 3.08. The van der Waals surface area contributed by atoms with Crippen LogP contribution in [-0.4, -0.2) is 12.1 Å². The van der Waals surface area contributed by atoms with Crippen molar-refractivity contribution >= 4 is 28.4 Å². The number of nitrogens with zero attached hydrogens (tertiary/aromatic N) is 1. The zero-order valence-corrected chi connectivity index (χ0v) is 13.6. The first kappa shape index (κ1) is 14.1. The van der Waals surface area contributed by atoms with Gasteiger partial charge in [-0.1, -0.05) is 12.1 Å². The number of anilines is 1. The van der Waals surface area contributed by atoms with E-state index in [1.54, 1.807) is 29.8 Å². The molecule has 0 aliphatic rings. The Bertz CT molecular complexity index is 748. The van der Waals surface area contributed by atoms with E-state index >= 15 is 0 Å². The van der Waals surface area contributed by atoms with Gasteiger partial charge in [0.2, 0.25) is 0 Å². The molecular formula is C16H16N2OS2. The zero-order valence-electron chi connectivity index (χ0n) is 11.9. The number of rotatable bonds is 4. The number of ether oxygens (including phenoxy) is 1. The molecule has 5 heteroatoms. The van der Waals surface area contributed by atoms with Crippen molar-refractivity contribution < 1.29 is 4.74 Å². The summed E-state index contributed by atoms with van der Waals surface area (Å²) in [5.74, 6) is 0.716. The molecule has 0 atom stereocenters. The minimum atomic E-state index is 0.668. The van der Waals surface area contributed by atoms with Gasteiger partial charge >= 0.3 is 0 Å². The number of thiophene rings is 1. The lowest BCUT2D eigenvalue weighted by Gasteiger charge is -2.05. The van der Waals surface area contributed by atoms with Gasteiger partial charge in [0.05, 0.1) is 28.4 Å². The molecule has 0 bridgehead atoms. The summed E-state index contributed by atoms with van der Waals surface area (Å²) >= 11 is 3.47. The van der Waals surface area contributed by atoms with E-state index in [1.807, 2.05) is 18.2 Å². The van der Waals surface area contributed by atoms with Gasteiger partial charge < -0.3 is 10.5 Å². The van der Waals surface area contributed by atoms with Gasteiger partial charge in [-0.05, 0) is 36.1 Å². The Morgan fingerprint density at radius 2 is 2.14 bits per heavy atom. The Kier molecular flexibility index (Phi) is 3.94. The van der Waals surface area contributed by atoms with Crippen LogP contribution in [0.2, 0.25) is 0 Å². The molecule has 0 spiro atoms. The standard InChI is InChI=1S/C16H16N2OS2/c1-10-16(14-4-3-7-20-14)18-15(21-10)9-11-5-6-13(19-2)12(17)8-11/h3-8H,9,17H2,1-2H3. The predicted molar refractivity (Wildman–Crippen MR) is 90.4 cm³/mol. The van der Waals surface area contributed by atoms with Gasteiger partial charge in [-0.3, -0.25) is 0 Å². The van der Waals surface area contributed by atoms with Crippen LogP contribution < -0.4 is 10.5 Å². The van der Waals surface area contributed by atoms with Crippen LogP contribution in [0.25, 0.3) is 10.6 Å². The molecule has 108 valence electrons. The summed E-state index contributed by atoms with van der Waals surface area (Å²) in [4.78, 5) is 7.26. The summed E-state index contributed by atoms with van der Waals surface area (Å²) < 4.78 is 5.19. The third-order valence-electron chi connectivity index (χ3n) is 3.24. The van der Waals surface area contributed by atoms with Crippen LogP contribution in [0.1, 0.15) is 15.4 Å². The van der Waals surface area contributed by atoms with Gasteiger partial charge in [-0.25, -0.2) is 4.98 Å². The Morgan fingerprint density at radius 3 is 2.81 bits per heavy atom. The zero-order chi connectivity index (χ0) is 14.8. The minimum Gasteiger partial charge on any atom is -0.495 e. The van der Waals surface area contributed by atoms with Crippen LogP contribution in [0.5, 0.6) is 5.75 Å². The number of hydrogen-bond acceptors (Lipinski definition) is 5. The molecule has 0 radical (unpaired) electrons. The first-order chi connectivity index (χ1) is 10.2. The number of nitrogen functional groups attached to an aromatic ring is 1. The fraction of sp³-hybridized carbons (Fsp3) is 0.188. The molecule has 3 aromatic rings. The fourth-order valence-electron chi connectivity index (χ4n) is 2.24. The van der Waals surface area contributed by atoms with Gasteiger partial charge in [0.15, 0.2) is 0 Å². The second-order valence-electron chi connectivity index (χ2n) is 4.74. The highest BCUT2D eigenvalue weighted by Gasteiger charge is 2.11. The molecule has 1 aromatic carbocycles. The maximum Gasteiger partial charge on any atom is 0.141 e. The van der Waals surface area contributed by atoms with Crippen molar-refractivity contribution in [1.29, 1.82) is 0 Å². The summed E-state index contributed by atoms with van der Waals surface area (Å²) in [5, 5.41) is 3.19. The number of aryl methyl sites for hydroxylation is 1. The third-order valence-corrected chi connectivity index (χ3v) is 5.09. The second kappa shape index (κ2) is 5.87. The van der Waals surface area contributed by atoms with Gasteiger partial charge in [0, 0.05) is 11.3 Å². The first-order valence-corrected chi connectivity index (χ1v) is 8.29. The van der Waals surface area contributed by atoms with Gasteiger partial charge in [-0.2, -0.15) is 0 Å². The van der Waals surface area contributed by atoms with Crippen LogP contribution in [0.4, 0.5) is 5.69 Å². The maximum absolute atomic E-state index is 5.96. The maximum atomic E-state index is 5.96. The number of methoxy groups -OCH3 is 1. The highest BCUT2D eigenvalue weighted by atomic mass is 32.1. The quantitative estimate of drug-likeness (QED) is 0.727. The molecule has 0 saturated carbocycles. The van der Waals surface area contributed by atoms with Gasteiger partial charge in [-0.15, -0.1) is 22.7 Å². The molecule has 2 aromatic heterocycles. The summed E-state index contributed by atoms with van der Waals surface area (Å²) in [7, 11) is 1.63. The van der Waals surface area contributed by atoms with Gasteiger partial charge in [0.1, 0.15) is 5.75 Å². The molecular weight excluding hydrogens is 300 g/mol. The monoisotopic (exact) mass is 316 g/mol. The summed E-state index contributed by atoms with van der Waals surface area (Å²) in [6.45, 7) is 2.12. The lowest BCUT2D eigenvalue weighted by atomic mass is 10.1. The van der Waals surface area contributed by atoms with Crippen LogP contribution in [-0.2, 0) is 6.42 Å². The Labute approximate surface area is 132 Å². The van der Waals surface area contributed by atoms with E-state index in [0.717, 1.165) is 22.7 Å². The molecule has 0 aliphatic carbocycles. The number of nitrogens with two attached hydrogens (primary N) is 1. The van der Waals surface area contributed by atoms with Crippen molar-refractivity contribution in [3.8, 4) is 16.3 Å². The van der Waals surface area contributed by atoms with Gasteiger partial charge in [0.25, 0.3) is 0 Å². The Morgan fingerprint density at radius 1 is 1.29 bits per heavy atom. The number of aromatic nitrogens is 1. The van der Waals surface area contributed by atoms with Crippen molar-refractivity contribution in [3.63, 3.8) is 0 Å². The molecule has 3 nitrogen and oxygen atoms in total. The van der Waals surface area contributed by atoms with E-state index in [0.29, 0.717) is 11.4 Å². The number of hydrogen-bond donors (Lipinski definition) is 1. The van der Waals surface area contributed by atoms with E-state index < -0.39 is 0 Å². The van der Waals surface area contributed by atoms with E-state index in [9.17, 15) is 0 Å². The molecule has 0 fully saturated rings. The molecule has 2 heterocycles.